The van der Waals surface area contributed by atoms with Crippen LogP contribution in [0.1, 0.15) is 22.3 Å². The Morgan fingerprint density at radius 2 is 1.81 bits per heavy atom. The molecule has 21 heavy (non-hydrogen) atoms. The summed E-state index contributed by atoms with van der Waals surface area (Å²) < 4.78 is 0. The van der Waals surface area contributed by atoms with Crippen LogP contribution < -0.4 is 5.32 Å². The molecule has 0 saturated heterocycles. The third-order valence-corrected chi connectivity index (χ3v) is 4.11. The SMILES string of the molecule is Cc1ccccc1CNC(=O)N1CCc2ccccc2C1. The van der Waals surface area contributed by atoms with Gasteiger partial charge in [0.25, 0.3) is 0 Å². The van der Waals surface area contributed by atoms with Crippen molar-refractivity contribution in [3.8, 4) is 0 Å². The number of rotatable bonds is 2. The van der Waals surface area contributed by atoms with Gasteiger partial charge in [-0.05, 0) is 35.6 Å². The Morgan fingerprint density at radius 3 is 2.62 bits per heavy atom. The Bertz CT molecular complexity index is 651. The topological polar surface area (TPSA) is 32.3 Å². The highest BCUT2D eigenvalue weighted by atomic mass is 16.2. The van der Waals surface area contributed by atoms with E-state index in [1.165, 1.54) is 22.3 Å². The van der Waals surface area contributed by atoms with Gasteiger partial charge in [-0.25, -0.2) is 4.79 Å². The molecule has 2 aromatic carbocycles. The van der Waals surface area contributed by atoms with Gasteiger partial charge in [-0.2, -0.15) is 0 Å². The van der Waals surface area contributed by atoms with Crippen LogP contribution in [0.5, 0.6) is 0 Å². The molecule has 0 aromatic heterocycles. The van der Waals surface area contributed by atoms with Crippen molar-refractivity contribution in [1.82, 2.24) is 10.2 Å². The summed E-state index contributed by atoms with van der Waals surface area (Å²) >= 11 is 0. The van der Waals surface area contributed by atoms with Crippen molar-refractivity contribution in [2.75, 3.05) is 6.54 Å². The predicted octanol–water partition coefficient (Wildman–Crippen LogP) is 3.26. The fourth-order valence-corrected chi connectivity index (χ4v) is 2.76. The fraction of sp³-hybridized carbons (Fsp3) is 0.278. The minimum Gasteiger partial charge on any atom is -0.334 e. The standard InChI is InChI=1S/C18H20N2O/c1-14-6-2-3-8-16(14)12-19-18(21)20-11-10-15-7-4-5-9-17(15)13-20/h2-9H,10-13H2,1H3,(H,19,21). The van der Waals surface area contributed by atoms with Crippen LogP contribution in [0.15, 0.2) is 48.5 Å². The minimum absolute atomic E-state index is 0.0211. The van der Waals surface area contributed by atoms with Crippen molar-refractivity contribution < 1.29 is 4.79 Å². The molecular formula is C18H20N2O. The van der Waals surface area contributed by atoms with Gasteiger partial charge in [-0.15, -0.1) is 0 Å². The Balaban J connectivity index is 1.61. The van der Waals surface area contributed by atoms with Gasteiger partial charge in [0.15, 0.2) is 0 Å². The number of carbonyl (C=O) groups is 1. The summed E-state index contributed by atoms with van der Waals surface area (Å²) in [6, 6.07) is 16.5. The Hall–Kier alpha value is -2.29. The average Bonchev–Trinajstić information content (AvgIpc) is 2.53. The quantitative estimate of drug-likeness (QED) is 0.899. The Kier molecular flexibility index (Phi) is 3.91. The molecule has 0 fully saturated rings. The van der Waals surface area contributed by atoms with Gasteiger partial charge in [-0.1, -0.05) is 48.5 Å². The van der Waals surface area contributed by atoms with Crippen molar-refractivity contribution in [2.24, 2.45) is 0 Å². The number of nitrogens with one attached hydrogen (secondary N) is 1. The molecule has 0 aliphatic carbocycles. The van der Waals surface area contributed by atoms with E-state index in [1.54, 1.807) is 0 Å². The molecule has 0 bridgehead atoms. The van der Waals surface area contributed by atoms with E-state index in [0.29, 0.717) is 13.1 Å². The van der Waals surface area contributed by atoms with Gasteiger partial charge < -0.3 is 10.2 Å². The number of nitrogens with zero attached hydrogens (tertiary/aromatic N) is 1. The van der Waals surface area contributed by atoms with Gasteiger partial charge in [0.05, 0.1) is 0 Å². The summed E-state index contributed by atoms with van der Waals surface area (Å²) in [4.78, 5) is 14.2. The van der Waals surface area contributed by atoms with E-state index >= 15 is 0 Å². The van der Waals surface area contributed by atoms with Crippen molar-refractivity contribution >= 4 is 6.03 Å². The second-order valence-corrected chi connectivity index (χ2v) is 5.53. The van der Waals surface area contributed by atoms with E-state index in [-0.39, 0.29) is 6.03 Å². The van der Waals surface area contributed by atoms with Crippen molar-refractivity contribution in [3.05, 3.63) is 70.8 Å². The van der Waals surface area contributed by atoms with Crippen LogP contribution in [0.3, 0.4) is 0 Å². The molecule has 2 amide bonds. The van der Waals surface area contributed by atoms with Gasteiger partial charge >= 0.3 is 6.03 Å². The van der Waals surface area contributed by atoms with Crippen LogP contribution in [0.25, 0.3) is 0 Å². The van der Waals surface area contributed by atoms with Crippen molar-refractivity contribution in [1.29, 1.82) is 0 Å². The van der Waals surface area contributed by atoms with Crippen molar-refractivity contribution in [3.63, 3.8) is 0 Å². The largest absolute Gasteiger partial charge is 0.334 e. The summed E-state index contributed by atoms with van der Waals surface area (Å²) in [5, 5.41) is 3.03. The summed E-state index contributed by atoms with van der Waals surface area (Å²) in [5.41, 5.74) is 5.00. The van der Waals surface area contributed by atoms with Gasteiger partial charge in [0.1, 0.15) is 0 Å². The normalized spacial score (nSPS) is 13.7. The molecule has 1 aliphatic heterocycles. The molecule has 108 valence electrons. The van der Waals surface area contributed by atoms with Crippen LogP contribution in [0.4, 0.5) is 4.79 Å². The Labute approximate surface area is 125 Å². The summed E-state index contributed by atoms with van der Waals surface area (Å²) in [5.74, 6) is 0. The zero-order chi connectivity index (χ0) is 14.7. The molecule has 0 spiro atoms. The summed E-state index contributed by atoms with van der Waals surface area (Å²) in [6.07, 6.45) is 0.938. The second-order valence-electron chi connectivity index (χ2n) is 5.53. The first-order valence-electron chi connectivity index (χ1n) is 7.38. The van der Waals surface area contributed by atoms with Gasteiger partial charge in [-0.3, -0.25) is 0 Å². The minimum atomic E-state index is 0.0211. The second kappa shape index (κ2) is 6.00. The van der Waals surface area contributed by atoms with Crippen LogP contribution in [0.2, 0.25) is 0 Å². The number of fused-ring (bicyclic) bond motifs is 1. The van der Waals surface area contributed by atoms with E-state index in [2.05, 4.69) is 42.6 Å². The highest BCUT2D eigenvalue weighted by Gasteiger charge is 2.19. The smallest absolute Gasteiger partial charge is 0.317 e. The maximum Gasteiger partial charge on any atom is 0.317 e. The number of hydrogen-bond acceptors (Lipinski definition) is 1. The molecule has 3 rings (SSSR count). The maximum absolute atomic E-state index is 12.3. The summed E-state index contributed by atoms with van der Waals surface area (Å²) in [7, 11) is 0. The molecule has 3 nitrogen and oxygen atoms in total. The molecular weight excluding hydrogens is 260 g/mol. The lowest BCUT2D eigenvalue weighted by Crippen LogP contribution is -2.42. The van der Waals surface area contributed by atoms with Crippen LogP contribution in [0, 0.1) is 6.92 Å². The first-order chi connectivity index (χ1) is 10.2. The lowest BCUT2D eigenvalue weighted by molar-refractivity contribution is 0.192. The van der Waals surface area contributed by atoms with E-state index in [4.69, 9.17) is 0 Å². The monoisotopic (exact) mass is 280 g/mol. The first-order valence-corrected chi connectivity index (χ1v) is 7.38. The first kappa shape index (κ1) is 13.7. The fourth-order valence-electron chi connectivity index (χ4n) is 2.76. The molecule has 3 heteroatoms. The van der Waals surface area contributed by atoms with E-state index in [0.717, 1.165) is 13.0 Å². The zero-order valence-electron chi connectivity index (χ0n) is 12.3. The number of carbonyl (C=O) groups excluding carboxylic acids is 1. The molecule has 0 radical (unpaired) electrons. The number of hydrogen-bond donors (Lipinski definition) is 1. The predicted molar refractivity (Wildman–Crippen MR) is 84.0 cm³/mol. The third-order valence-electron chi connectivity index (χ3n) is 4.11. The number of amides is 2. The maximum atomic E-state index is 12.3. The zero-order valence-corrected chi connectivity index (χ0v) is 12.3. The van der Waals surface area contributed by atoms with Crippen molar-refractivity contribution in [2.45, 2.75) is 26.4 Å². The van der Waals surface area contributed by atoms with E-state index in [9.17, 15) is 4.79 Å². The number of aryl methyl sites for hydroxylation is 1. The van der Waals surface area contributed by atoms with Crippen LogP contribution in [-0.4, -0.2) is 17.5 Å². The molecule has 1 N–H and O–H groups in total. The molecule has 0 unspecified atom stereocenters. The van der Waals surface area contributed by atoms with Gasteiger partial charge in [0.2, 0.25) is 0 Å². The molecule has 2 aromatic rings. The lowest BCUT2D eigenvalue weighted by Gasteiger charge is -2.29. The Morgan fingerprint density at radius 1 is 1.10 bits per heavy atom. The van der Waals surface area contributed by atoms with E-state index in [1.807, 2.05) is 23.1 Å². The van der Waals surface area contributed by atoms with Crippen LogP contribution in [-0.2, 0) is 19.5 Å². The molecule has 0 saturated carbocycles. The van der Waals surface area contributed by atoms with E-state index < -0.39 is 0 Å². The third kappa shape index (κ3) is 3.07. The van der Waals surface area contributed by atoms with Crippen LogP contribution >= 0.6 is 0 Å². The average molecular weight is 280 g/mol. The molecule has 1 aliphatic rings. The number of urea groups is 1. The number of benzene rings is 2. The summed E-state index contributed by atoms with van der Waals surface area (Å²) in [6.45, 7) is 4.15. The highest BCUT2D eigenvalue weighted by Crippen LogP contribution is 2.18. The molecule has 0 atom stereocenters. The van der Waals surface area contributed by atoms with Gasteiger partial charge in [0, 0.05) is 19.6 Å². The molecule has 1 heterocycles. The lowest BCUT2D eigenvalue weighted by atomic mass is 10.0. The highest BCUT2D eigenvalue weighted by molar-refractivity contribution is 5.74.